The van der Waals surface area contributed by atoms with Crippen LogP contribution in [0.2, 0.25) is 0 Å². The van der Waals surface area contributed by atoms with Crippen LogP contribution in [-0.2, 0) is 4.79 Å². The van der Waals surface area contributed by atoms with Gasteiger partial charge in [0.05, 0.1) is 11.4 Å². The first kappa shape index (κ1) is 16.9. The van der Waals surface area contributed by atoms with E-state index in [2.05, 4.69) is 26.2 Å². The Bertz CT molecular complexity index is 700. The molecule has 0 fully saturated rings. The average molecular weight is 334 g/mol. The molecule has 122 valence electrons. The molecule has 0 bridgehead atoms. The van der Waals surface area contributed by atoms with Crippen LogP contribution in [0.3, 0.4) is 0 Å². The third-order valence-corrected chi connectivity index (χ3v) is 3.71. The molecule has 8 nitrogen and oxygen atoms in total. The van der Waals surface area contributed by atoms with Crippen molar-refractivity contribution in [3.8, 4) is 5.69 Å². The quantitative estimate of drug-likeness (QED) is 0.799. The number of thioether (sulfide) groups is 1. The molecule has 9 heteroatoms. The molecule has 0 saturated carbocycles. The molecule has 3 amide bonds. The lowest BCUT2D eigenvalue weighted by Gasteiger charge is -2.09. The largest absolute Gasteiger partial charge is 0.336 e. The first-order chi connectivity index (χ1) is 11.0. The Morgan fingerprint density at radius 1 is 1.30 bits per heavy atom. The van der Waals surface area contributed by atoms with Crippen LogP contribution in [0.4, 0.5) is 4.79 Å². The van der Waals surface area contributed by atoms with Crippen molar-refractivity contribution in [3.05, 3.63) is 29.8 Å². The molecule has 23 heavy (non-hydrogen) atoms. The van der Waals surface area contributed by atoms with Gasteiger partial charge in [-0.3, -0.25) is 10.1 Å². The highest BCUT2D eigenvalue weighted by Crippen LogP contribution is 2.20. The zero-order chi connectivity index (χ0) is 16.8. The maximum Gasteiger partial charge on any atom is 0.321 e. The van der Waals surface area contributed by atoms with E-state index in [1.807, 2.05) is 45.0 Å². The zero-order valence-electron chi connectivity index (χ0n) is 13.1. The summed E-state index contributed by atoms with van der Waals surface area (Å²) in [6.45, 7) is 5.58. The summed E-state index contributed by atoms with van der Waals surface area (Å²) in [6.07, 6.45) is 0. The molecular formula is C14H18N6O2S. The number of tetrazole rings is 1. The van der Waals surface area contributed by atoms with Gasteiger partial charge in [-0.05, 0) is 42.8 Å². The first-order valence-corrected chi connectivity index (χ1v) is 8.03. The van der Waals surface area contributed by atoms with Gasteiger partial charge in [0.2, 0.25) is 11.1 Å². The minimum atomic E-state index is -0.510. The Kier molecular flexibility index (Phi) is 5.69. The van der Waals surface area contributed by atoms with Gasteiger partial charge in [-0.2, -0.15) is 4.68 Å². The van der Waals surface area contributed by atoms with E-state index in [9.17, 15) is 9.59 Å². The van der Waals surface area contributed by atoms with Gasteiger partial charge in [0.25, 0.3) is 0 Å². The SMILES string of the molecule is Cc1ccccc1-n1nnnc1SCC(=O)NC(=O)NC(C)C. The van der Waals surface area contributed by atoms with Crippen LogP contribution >= 0.6 is 11.8 Å². The summed E-state index contributed by atoms with van der Waals surface area (Å²) in [5.74, 6) is -0.370. The number of carbonyl (C=O) groups excluding carboxylic acids is 2. The lowest BCUT2D eigenvalue weighted by atomic mass is 10.2. The van der Waals surface area contributed by atoms with E-state index in [4.69, 9.17) is 0 Å². The number of rotatable bonds is 5. The average Bonchev–Trinajstić information content (AvgIpc) is 2.93. The number of aromatic nitrogens is 4. The number of hydrogen-bond donors (Lipinski definition) is 2. The van der Waals surface area contributed by atoms with Crippen molar-refractivity contribution in [1.29, 1.82) is 0 Å². The molecular weight excluding hydrogens is 316 g/mol. The van der Waals surface area contributed by atoms with E-state index in [1.54, 1.807) is 4.68 Å². The van der Waals surface area contributed by atoms with Crippen molar-refractivity contribution < 1.29 is 9.59 Å². The summed E-state index contributed by atoms with van der Waals surface area (Å²) in [5.41, 5.74) is 1.86. The molecule has 1 heterocycles. The standard InChI is InChI=1S/C14H18N6O2S/c1-9(2)15-13(22)16-12(21)8-23-14-17-18-19-20(14)11-7-5-4-6-10(11)3/h4-7,9H,8H2,1-3H3,(H2,15,16,21,22). The Morgan fingerprint density at radius 2 is 2.04 bits per heavy atom. The fraction of sp³-hybridized carbons (Fsp3) is 0.357. The Morgan fingerprint density at radius 3 is 2.74 bits per heavy atom. The van der Waals surface area contributed by atoms with Crippen molar-refractivity contribution >= 4 is 23.7 Å². The molecule has 0 radical (unpaired) electrons. The van der Waals surface area contributed by atoms with E-state index in [-0.39, 0.29) is 11.8 Å². The fourth-order valence-electron chi connectivity index (χ4n) is 1.81. The van der Waals surface area contributed by atoms with E-state index >= 15 is 0 Å². The second-order valence-electron chi connectivity index (χ2n) is 5.12. The van der Waals surface area contributed by atoms with E-state index in [0.717, 1.165) is 23.0 Å². The van der Waals surface area contributed by atoms with Crippen LogP contribution in [0, 0.1) is 6.92 Å². The van der Waals surface area contributed by atoms with Gasteiger partial charge >= 0.3 is 6.03 Å². The van der Waals surface area contributed by atoms with Crippen LogP contribution in [0.1, 0.15) is 19.4 Å². The van der Waals surface area contributed by atoms with Crippen LogP contribution in [0.15, 0.2) is 29.4 Å². The molecule has 0 spiro atoms. The highest BCUT2D eigenvalue weighted by Gasteiger charge is 2.14. The number of imide groups is 1. The Balaban J connectivity index is 1.98. The summed E-state index contributed by atoms with van der Waals surface area (Å²) in [7, 11) is 0. The number of amides is 3. The van der Waals surface area contributed by atoms with Gasteiger partial charge < -0.3 is 5.32 Å². The van der Waals surface area contributed by atoms with Crippen molar-refractivity contribution in [2.75, 3.05) is 5.75 Å². The molecule has 0 aliphatic heterocycles. The molecule has 0 saturated heterocycles. The van der Waals surface area contributed by atoms with Crippen molar-refractivity contribution in [2.24, 2.45) is 0 Å². The smallest absolute Gasteiger partial charge is 0.321 e. The van der Waals surface area contributed by atoms with Crippen molar-refractivity contribution in [3.63, 3.8) is 0 Å². The molecule has 0 unspecified atom stereocenters. The number of nitrogens with zero attached hydrogens (tertiary/aromatic N) is 4. The maximum absolute atomic E-state index is 11.8. The van der Waals surface area contributed by atoms with Gasteiger partial charge in [-0.25, -0.2) is 4.79 Å². The predicted octanol–water partition coefficient (Wildman–Crippen LogP) is 1.30. The summed E-state index contributed by atoms with van der Waals surface area (Å²) >= 11 is 1.16. The molecule has 0 atom stereocenters. The topological polar surface area (TPSA) is 102 Å². The van der Waals surface area contributed by atoms with Gasteiger partial charge in [0.15, 0.2) is 0 Å². The molecule has 1 aromatic carbocycles. The van der Waals surface area contributed by atoms with Crippen LogP contribution in [-0.4, -0.2) is 43.9 Å². The summed E-state index contributed by atoms with van der Waals surface area (Å²) in [5, 5.41) is 16.8. The van der Waals surface area contributed by atoms with Gasteiger partial charge in [0.1, 0.15) is 0 Å². The molecule has 0 aliphatic rings. The number of aryl methyl sites for hydroxylation is 1. The molecule has 2 aromatic rings. The third-order valence-electron chi connectivity index (χ3n) is 2.79. The zero-order valence-corrected chi connectivity index (χ0v) is 13.9. The first-order valence-electron chi connectivity index (χ1n) is 7.05. The summed E-state index contributed by atoms with van der Waals surface area (Å²) < 4.78 is 1.57. The Labute approximate surface area is 138 Å². The number of benzene rings is 1. The second-order valence-corrected chi connectivity index (χ2v) is 6.07. The lowest BCUT2D eigenvalue weighted by Crippen LogP contribution is -2.43. The van der Waals surface area contributed by atoms with Crippen molar-refractivity contribution in [2.45, 2.75) is 32.0 Å². The van der Waals surface area contributed by atoms with Crippen LogP contribution in [0.25, 0.3) is 5.69 Å². The number of carbonyl (C=O) groups is 2. The maximum atomic E-state index is 11.8. The molecule has 2 rings (SSSR count). The van der Waals surface area contributed by atoms with Crippen molar-refractivity contribution in [1.82, 2.24) is 30.8 Å². The monoisotopic (exact) mass is 334 g/mol. The van der Waals surface area contributed by atoms with E-state index < -0.39 is 11.9 Å². The van der Waals surface area contributed by atoms with Crippen LogP contribution < -0.4 is 10.6 Å². The van der Waals surface area contributed by atoms with E-state index in [0.29, 0.717) is 5.16 Å². The Hall–Kier alpha value is -2.42. The third kappa shape index (κ3) is 4.78. The number of nitrogens with one attached hydrogen (secondary N) is 2. The number of urea groups is 1. The highest BCUT2D eigenvalue weighted by molar-refractivity contribution is 7.99. The predicted molar refractivity (Wildman–Crippen MR) is 86.4 cm³/mol. The highest BCUT2D eigenvalue weighted by atomic mass is 32.2. The van der Waals surface area contributed by atoms with Crippen LogP contribution in [0.5, 0.6) is 0 Å². The normalized spacial score (nSPS) is 10.6. The minimum Gasteiger partial charge on any atom is -0.336 e. The number of hydrogen-bond acceptors (Lipinski definition) is 6. The summed E-state index contributed by atoms with van der Waals surface area (Å²) in [4.78, 5) is 23.2. The van der Waals surface area contributed by atoms with Gasteiger partial charge in [0, 0.05) is 6.04 Å². The summed E-state index contributed by atoms with van der Waals surface area (Å²) in [6, 6.07) is 7.12. The van der Waals surface area contributed by atoms with Gasteiger partial charge in [-0.15, -0.1) is 5.10 Å². The fourth-order valence-corrected chi connectivity index (χ4v) is 2.50. The molecule has 1 aromatic heterocycles. The van der Waals surface area contributed by atoms with E-state index in [1.165, 1.54) is 0 Å². The second kappa shape index (κ2) is 7.73. The minimum absolute atomic E-state index is 0.0381. The molecule has 0 aliphatic carbocycles. The molecule has 2 N–H and O–H groups in total. The lowest BCUT2D eigenvalue weighted by molar-refractivity contribution is -0.117. The van der Waals surface area contributed by atoms with Gasteiger partial charge in [-0.1, -0.05) is 30.0 Å². The number of para-hydroxylation sites is 1.